The molecular formula is C16H15ClN2O. The average Bonchev–Trinajstić information content (AvgIpc) is 2.85. The first-order valence-corrected chi connectivity index (χ1v) is 6.99. The van der Waals surface area contributed by atoms with Gasteiger partial charge in [-0.2, -0.15) is 0 Å². The van der Waals surface area contributed by atoms with E-state index in [9.17, 15) is 4.79 Å². The second-order valence-corrected chi connectivity index (χ2v) is 5.44. The summed E-state index contributed by atoms with van der Waals surface area (Å²) < 4.78 is 0. The number of rotatable bonds is 2. The fraction of sp³-hybridized carbons (Fsp3) is 0.188. The molecule has 1 aliphatic carbocycles. The fourth-order valence-electron chi connectivity index (χ4n) is 2.56. The van der Waals surface area contributed by atoms with Crippen LogP contribution in [-0.4, -0.2) is 5.91 Å². The summed E-state index contributed by atoms with van der Waals surface area (Å²) in [5.41, 5.74) is 10.1. The first-order valence-electron chi connectivity index (χ1n) is 6.61. The molecular weight excluding hydrogens is 272 g/mol. The number of anilines is 2. The van der Waals surface area contributed by atoms with E-state index in [2.05, 4.69) is 11.4 Å². The Hall–Kier alpha value is -2.00. The lowest BCUT2D eigenvalue weighted by atomic mass is 10.1. The van der Waals surface area contributed by atoms with Gasteiger partial charge in [-0.15, -0.1) is 0 Å². The van der Waals surface area contributed by atoms with Gasteiger partial charge in [-0.25, -0.2) is 0 Å². The maximum absolute atomic E-state index is 12.2. The van der Waals surface area contributed by atoms with Crippen molar-refractivity contribution in [3.05, 3.63) is 58.1 Å². The number of nitrogens with two attached hydrogens (primary N) is 1. The molecule has 0 spiro atoms. The standard InChI is InChI=1S/C16H15ClN2O/c17-15-9-12(18)5-7-14(15)16(20)19-13-6-4-10-2-1-3-11(10)8-13/h4-9H,1-3,18H2,(H,19,20). The van der Waals surface area contributed by atoms with E-state index in [4.69, 9.17) is 17.3 Å². The summed E-state index contributed by atoms with van der Waals surface area (Å²) in [5.74, 6) is -0.215. The predicted molar refractivity (Wildman–Crippen MR) is 82.3 cm³/mol. The van der Waals surface area contributed by atoms with Gasteiger partial charge in [-0.05, 0) is 60.7 Å². The van der Waals surface area contributed by atoms with E-state index in [1.54, 1.807) is 18.2 Å². The van der Waals surface area contributed by atoms with Crippen molar-refractivity contribution in [1.29, 1.82) is 0 Å². The number of carbonyl (C=O) groups excluding carboxylic acids is 1. The second kappa shape index (κ2) is 5.17. The predicted octanol–water partition coefficient (Wildman–Crippen LogP) is 3.66. The van der Waals surface area contributed by atoms with E-state index < -0.39 is 0 Å². The molecule has 2 aromatic carbocycles. The maximum Gasteiger partial charge on any atom is 0.257 e. The molecule has 3 rings (SSSR count). The molecule has 1 aliphatic rings. The van der Waals surface area contributed by atoms with Gasteiger partial charge in [0, 0.05) is 11.4 Å². The van der Waals surface area contributed by atoms with Crippen molar-refractivity contribution in [2.75, 3.05) is 11.1 Å². The van der Waals surface area contributed by atoms with E-state index in [-0.39, 0.29) is 5.91 Å². The Kier molecular flexibility index (Phi) is 3.36. The highest BCUT2D eigenvalue weighted by molar-refractivity contribution is 6.34. The Morgan fingerprint density at radius 3 is 2.70 bits per heavy atom. The van der Waals surface area contributed by atoms with Gasteiger partial charge in [-0.3, -0.25) is 4.79 Å². The normalized spacial score (nSPS) is 13.1. The van der Waals surface area contributed by atoms with Crippen molar-refractivity contribution in [2.24, 2.45) is 0 Å². The third kappa shape index (κ3) is 2.49. The summed E-state index contributed by atoms with van der Waals surface area (Å²) in [4.78, 5) is 12.2. The van der Waals surface area contributed by atoms with Gasteiger partial charge in [0.2, 0.25) is 0 Å². The van der Waals surface area contributed by atoms with Crippen molar-refractivity contribution in [2.45, 2.75) is 19.3 Å². The molecule has 0 aliphatic heterocycles. The van der Waals surface area contributed by atoms with Gasteiger partial charge in [-0.1, -0.05) is 17.7 Å². The fourth-order valence-corrected chi connectivity index (χ4v) is 2.84. The molecule has 0 heterocycles. The zero-order valence-corrected chi connectivity index (χ0v) is 11.7. The SMILES string of the molecule is Nc1ccc(C(=O)Nc2ccc3c(c2)CCC3)c(Cl)c1. The van der Waals surface area contributed by atoms with E-state index in [0.717, 1.165) is 18.5 Å². The van der Waals surface area contributed by atoms with Crippen molar-refractivity contribution in [1.82, 2.24) is 0 Å². The summed E-state index contributed by atoms with van der Waals surface area (Å²) in [7, 11) is 0. The van der Waals surface area contributed by atoms with Crippen molar-refractivity contribution in [3.8, 4) is 0 Å². The zero-order chi connectivity index (χ0) is 14.1. The summed E-state index contributed by atoms with van der Waals surface area (Å²) in [6, 6.07) is 11.0. The van der Waals surface area contributed by atoms with Crippen molar-refractivity contribution < 1.29 is 4.79 Å². The number of carbonyl (C=O) groups is 1. The number of aryl methyl sites for hydroxylation is 2. The van der Waals surface area contributed by atoms with Gasteiger partial charge in [0.1, 0.15) is 0 Å². The highest BCUT2D eigenvalue weighted by Gasteiger charge is 2.14. The lowest BCUT2D eigenvalue weighted by Gasteiger charge is -2.09. The molecule has 3 nitrogen and oxygen atoms in total. The van der Waals surface area contributed by atoms with Crippen LogP contribution in [-0.2, 0) is 12.8 Å². The number of amides is 1. The van der Waals surface area contributed by atoms with Crippen LogP contribution in [0.1, 0.15) is 27.9 Å². The summed E-state index contributed by atoms with van der Waals surface area (Å²) in [6.07, 6.45) is 3.41. The Morgan fingerprint density at radius 2 is 1.90 bits per heavy atom. The molecule has 102 valence electrons. The number of hydrogen-bond donors (Lipinski definition) is 2. The molecule has 20 heavy (non-hydrogen) atoms. The molecule has 4 heteroatoms. The lowest BCUT2D eigenvalue weighted by Crippen LogP contribution is -2.12. The minimum atomic E-state index is -0.215. The highest BCUT2D eigenvalue weighted by atomic mass is 35.5. The molecule has 0 saturated heterocycles. The zero-order valence-electron chi connectivity index (χ0n) is 10.9. The number of hydrogen-bond acceptors (Lipinski definition) is 2. The molecule has 0 aromatic heterocycles. The number of nitrogens with one attached hydrogen (secondary N) is 1. The first kappa shape index (κ1) is 13.0. The van der Waals surface area contributed by atoms with Crippen LogP contribution in [0.5, 0.6) is 0 Å². The molecule has 0 bridgehead atoms. The summed E-state index contributed by atoms with van der Waals surface area (Å²) >= 11 is 6.04. The van der Waals surface area contributed by atoms with Gasteiger partial charge in [0.15, 0.2) is 0 Å². The molecule has 0 atom stereocenters. The minimum absolute atomic E-state index is 0.215. The molecule has 3 N–H and O–H groups in total. The van der Waals surface area contributed by atoms with Crippen molar-refractivity contribution >= 4 is 28.9 Å². The maximum atomic E-state index is 12.2. The van der Waals surface area contributed by atoms with Crippen LogP contribution < -0.4 is 11.1 Å². The number of nitrogen functional groups attached to an aromatic ring is 1. The lowest BCUT2D eigenvalue weighted by molar-refractivity contribution is 0.102. The Bertz CT molecular complexity index is 682. The van der Waals surface area contributed by atoms with Crippen LogP contribution in [0, 0.1) is 0 Å². The van der Waals surface area contributed by atoms with Crippen LogP contribution in [0.2, 0.25) is 5.02 Å². The van der Waals surface area contributed by atoms with E-state index in [0.29, 0.717) is 16.3 Å². The van der Waals surface area contributed by atoms with E-state index in [1.807, 2.05) is 12.1 Å². The summed E-state index contributed by atoms with van der Waals surface area (Å²) in [5, 5.41) is 3.25. The van der Waals surface area contributed by atoms with Crippen LogP contribution in [0.4, 0.5) is 11.4 Å². The molecule has 0 unspecified atom stereocenters. The van der Waals surface area contributed by atoms with Gasteiger partial charge in [0.05, 0.1) is 10.6 Å². The summed E-state index contributed by atoms with van der Waals surface area (Å²) in [6.45, 7) is 0. The molecule has 0 saturated carbocycles. The van der Waals surface area contributed by atoms with Gasteiger partial charge in [0.25, 0.3) is 5.91 Å². The number of halogens is 1. The van der Waals surface area contributed by atoms with Crippen LogP contribution >= 0.6 is 11.6 Å². The van der Waals surface area contributed by atoms with E-state index >= 15 is 0 Å². The Balaban J connectivity index is 1.82. The van der Waals surface area contributed by atoms with Crippen LogP contribution in [0.25, 0.3) is 0 Å². The molecule has 1 amide bonds. The topological polar surface area (TPSA) is 55.1 Å². The molecule has 0 radical (unpaired) electrons. The number of fused-ring (bicyclic) bond motifs is 1. The first-order chi connectivity index (χ1) is 9.63. The average molecular weight is 287 g/mol. The monoisotopic (exact) mass is 286 g/mol. The minimum Gasteiger partial charge on any atom is -0.399 e. The third-order valence-corrected chi connectivity index (χ3v) is 3.91. The largest absolute Gasteiger partial charge is 0.399 e. The Labute approximate surface area is 122 Å². The van der Waals surface area contributed by atoms with E-state index in [1.165, 1.54) is 17.5 Å². The van der Waals surface area contributed by atoms with Gasteiger partial charge < -0.3 is 11.1 Å². The van der Waals surface area contributed by atoms with Crippen LogP contribution in [0.3, 0.4) is 0 Å². The number of benzene rings is 2. The smallest absolute Gasteiger partial charge is 0.257 e. The van der Waals surface area contributed by atoms with Crippen LogP contribution in [0.15, 0.2) is 36.4 Å². The highest BCUT2D eigenvalue weighted by Crippen LogP contribution is 2.26. The Morgan fingerprint density at radius 1 is 1.10 bits per heavy atom. The quantitative estimate of drug-likeness (QED) is 0.828. The third-order valence-electron chi connectivity index (χ3n) is 3.59. The molecule has 0 fully saturated rings. The van der Waals surface area contributed by atoms with Gasteiger partial charge >= 0.3 is 0 Å². The molecule has 2 aromatic rings. The second-order valence-electron chi connectivity index (χ2n) is 5.03. The van der Waals surface area contributed by atoms with Crippen molar-refractivity contribution in [3.63, 3.8) is 0 Å².